The number of nitrogens with one attached hydrogen (secondary N) is 1. The molecule has 0 aromatic carbocycles. The highest BCUT2D eigenvalue weighted by molar-refractivity contribution is 7.89. The lowest BCUT2D eigenvalue weighted by Crippen LogP contribution is -2.49. The molecule has 0 saturated carbocycles. The molecular formula is C10H21ClN4O2S. The molecule has 1 heterocycles. The SMILES string of the molecule is CCC(N)(CC)CNS(=O)(=O)c1cnn(C)c1.Cl. The molecule has 0 amide bonds. The summed E-state index contributed by atoms with van der Waals surface area (Å²) in [5, 5.41) is 3.83. The Labute approximate surface area is 114 Å². The van der Waals surface area contributed by atoms with Gasteiger partial charge in [0.1, 0.15) is 4.90 Å². The second kappa shape index (κ2) is 6.51. The van der Waals surface area contributed by atoms with Gasteiger partial charge in [0, 0.05) is 25.3 Å². The first-order valence-corrected chi connectivity index (χ1v) is 7.08. The third-order valence-corrected chi connectivity index (χ3v) is 4.37. The standard InChI is InChI=1S/C10H20N4O2S.ClH/c1-4-10(11,5-2)8-13-17(15,16)9-6-12-14(3)7-9;/h6-7,13H,4-5,8,11H2,1-3H3;1H. The number of aryl methyl sites for hydroxylation is 1. The van der Waals surface area contributed by atoms with Crippen molar-refractivity contribution in [2.45, 2.75) is 37.1 Å². The molecule has 18 heavy (non-hydrogen) atoms. The molecule has 0 saturated heterocycles. The van der Waals surface area contributed by atoms with Gasteiger partial charge in [0.15, 0.2) is 0 Å². The van der Waals surface area contributed by atoms with Crippen LogP contribution in [0.25, 0.3) is 0 Å². The van der Waals surface area contributed by atoms with Crippen molar-refractivity contribution in [2.75, 3.05) is 6.54 Å². The highest BCUT2D eigenvalue weighted by atomic mass is 35.5. The van der Waals surface area contributed by atoms with Gasteiger partial charge < -0.3 is 5.73 Å². The van der Waals surface area contributed by atoms with E-state index in [-0.39, 0.29) is 23.8 Å². The zero-order valence-corrected chi connectivity index (χ0v) is 12.5. The van der Waals surface area contributed by atoms with Crippen LogP contribution >= 0.6 is 12.4 Å². The van der Waals surface area contributed by atoms with Gasteiger partial charge in [-0.25, -0.2) is 13.1 Å². The summed E-state index contributed by atoms with van der Waals surface area (Å²) in [7, 11) is -1.84. The molecule has 0 spiro atoms. The van der Waals surface area contributed by atoms with Crippen molar-refractivity contribution in [1.29, 1.82) is 0 Å². The number of hydrogen-bond donors (Lipinski definition) is 2. The number of aromatic nitrogens is 2. The van der Waals surface area contributed by atoms with Crippen LogP contribution in [0, 0.1) is 0 Å². The van der Waals surface area contributed by atoms with Crippen molar-refractivity contribution >= 4 is 22.4 Å². The lowest BCUT2D eigenvalue weighted by Gasteiger charge is -2.26. The van der Waals surface area contributed by atoms with Crippen molar-refractivity contribution < 1.29 is 8.42 Å². The van der Waals surface area contributed by atoms with E-state index in [1.54, 1.807) is 7.05 Å². The third kappa shape index (κ3) is 4.24. The first-order chi connectivity index (χ1) is 7.83. The van der Waals surface area contributed by atoms with Crippen molar-refractivity contribution in [3.8, 4) is 0 Å². The number of halogens is 1. The molecule has 0 aliphatic carbocycles. The lowest BCUT2D eigenvalue weighted by atomic mass is 9.95. The smallest absolute Gasteiger partial charge is 0.243 e. The van der Waals surface area contributed by atoms with Gasteiger partial charge in [-0.15, -0.1) is 12.4 Å². The van der Waals surface area contributed by atoms with Gasteiger partial charge in [-0.1, -0.05) is 13.8 Å². The van der Waals surface area contributed by atoms with E-state index >= 15 is 0 Å². The number of nitrogens with two attached hydrogens (primary N) is 1. The van der Waals surface area contributed by atoms with Gasteiger partial charge in [0.2, 0.25) is 10.0 Å². The van der Waals surface area contributed by atoms with Crippen LogP contribution in [-0.2, 0) is 17.1 Å². The summed E-state index contributed by atoms with van der Waals surface area (Å²) in [6, 6.07) is 0. The van der Waals surface area contributed by atoms with Crippen molar-refractivity contribution in [1.82, 2.24) is 14.5 Å². The van der Waals surface area contributed by atoms with Crippen LogP contribution in [-0.4, -0.2) is 30.3 Å². The highest BCUT2D eigenvalue weighted by Crippen LogP contribution is 2.12. The minimum absolute atomic E-state index is 0. The highest BCUT2D eigenvalue weighted by Gasteiger charge is 2.24. The fourth-order valence-corrected chi connectivity index (χ4v) is 2.48. The van der Waals surface area contributed by atoms with Gasteiger partial charge >= 0.3 is 0 Å². The van der Waals surface area contributed by atoms with Crippen LogP contribution in [0.5, 0.6) is 0 Å². The topological polar surface area (TPSA) is 90.0 Å². The van der Waals surface area contributed by atoms with E-state index < -0.39 is 15.6 Å². The Morgan fingerprint density at radius 2 is 2.00 bits per heavy atom. The number of sulfonamides is 1. The van der Waals surface area contributed by atoms with E-state index in [1.165, 1.54) is 17.1 Å². The maximum absolute atomic E-state index is 11.9. The van der Waals surface area contributed by atoms with Gasteiger partial charge in [0.25, 0.3) is 0 Å². The summed E-state index contributed by atoms with van der Waals surface area (Å²) in [6.07, 6.45) is 4.22. The molecule has 1 rings (SSSR count). The molecule has 1 aromatic rings. The van der Waals surface area contributed by atoms with E-state index in [0.717, 1.165) is 12.8 Å². The molecule has 0 atom stereocenters. The van der Waals surface area contributed by atoms with Crippen LogP contribution in [0.1, 0.15) is 26.7 Å². The Balaban J connectivity index is 0.00000289. The van der Waals surface area contributed by atoms with E-state index in [2.05, 4.69) is 9.82 Å². The number of rotatable bonds is 6. The maximum atomic E-state index is 11.9. The van der Waals surface area contributed by atoms with Crippen molar-refractivity contribution in [3.63, 3.8) is 0 Å². The molecule has 0 unspecified atom stereocenters. The zero-order valence-electron chi connectivity index (χ0n) is 10.9. The first-order valence-electron chi connectivity index (χ1n) is 5.60. The van der Waals surface area contributed by atoms with Crippen molar-refractivity contribution in [3.05, 3.63) is 12.4 Å². The van der Waals surface area contributed by atoms with E-state index in [1.807, 2.05) is 13.8 Å². The third-order valence-electron chi connectivity index (χ3n) is 3.01. The van der Waals surface area contributed by atoms with Crippen LogP contribution in [0.4, 0.5) is 0 Å². The van der Waals surface area contributed by atoms with Crippen LogP contribution in [0.2, 0.25) is 0 Å². The van der Waals surface area contributed by atoms with E-state index in [4.69, 9.17) is 5.73 Å². The first kappa shape index (κ1) is 17.4. The molecule has 0 aliphatic rings. The summed E-state index contributed by atoms with van der Waals surface area (Å²) in [4.78, 5) is 0.162. The molecule has 0 aliphatic heterocycles. The fraction of sp³-hybridized carbons (Fsp3) is 0.700. The average molecular weight is 297 g/mol. The Bertz CT molecular complexity index is 468. The minimum atomic E-state index is -3.51. The Kier molecular flexibility index (Phi) is 6.28. The summed E-state index contributed by atoms with van der Waals surface area (Å²) in [6.45, 7) is 4.13. The molecular weight excluding hydrogens is 276 g/mol. The van der Waals surface area contributed by atoms with Crippen molar-refractivity contribution in [2.24, 2.45) is 12.8 Å². The van der Waals surface area contributed by atoms with E-state index in [9.17, 15) is 8.42 Å². The van der Waals surface area contributed by atoms with Crippen LogP contribution in [0.15, 0.2) is 17.3 Å². The number of nitrogens with zero attached hydrogens (tertiary/aromatic N) is 2. The quantitative estimate of drug-likeness (QED) is 0.806. The van der Waals surface area contributed by atoms with Gasteiger partial charge in [0.05, 0.1) is 6.20 Å². The summed E-state index contributed by atoms with van der Waals surface area (Å²) < 4.78 is 27.8. The molecule has 0 fully saturated rings. The average Bonchev–Trinajstić information content (AvgIpc) is 2.74. The number of hydrogen-bond acceptors (Lipinski definition) is 4. The molecule has 1 aromatic heterocycles. The predicted octanol–water partition coefficient (Wildman–Crippen LogP) is 0.638. The molecule has 106 valence electrons. The monoisotopic (exact) mass is 296 g/mol. The summed E-state index contributed by atoms with van der Waals surface area (Å²) >= 11 is 0. The predicted molar refractivity (Wildman–Crippen MR) is 73.1 cm³/mol. The molecule has 8 heteroatoms. The normalized spacial score (nSPS) is 12.2. The minimum Gasteiger partial charge on any atom is -0.324 e. The molecule has 6 nitrogen and oxygen atoms in total. The van der Waals surface area contributed by atoms with Crippen LogP contribution in [0.3, 0.4) is 0 Å². The zero-order chi connectivity index (χ0) is 13.1. The summed E-state index contributed by atoms with van der Waals surface area (Å²) in [5.74, 6) is 0. The van der Waals surface area contributed by atoms with Crippen LogP contribution < -0.4 is 10.5 Å². The van der Waals surface area contributed by atoms with Gasteiger partial charge in [-0.3, -0.25) is 4.68 Å². The second-order valence-electron chi connectivity index (χ2n) is 4.24. The lowest BCUT2D eigenvalue weighted by molar-refractivity contribution is 0.392. The summed E-state index contributed by atoms with van der Waals surface area (Å²) in [5.41, 5.74) is 5.55. The van der Waals surface area contributed by atoms with E-state index in [0.29, 0.717) is 0 Å². The fourth-order valence-electron chi connectivity index (χ4n) is 1.36. The molecule has 0 radical (unpaired) electrons. The Morgan fingerprint density at radius 3 is 2.39 bits per heavy atom. The molecule has 0 bridgehead atoms. The second-order valence-corrected chi connectivity index (χ2v) is 6.01. The molecule has 3 N–H and O–H groups in total. The van der Waals surface area contributed by atoms with Gasteiger partial charge in [-0.2, -0.15) is 5.10 Å². The largest absolute Gasteiger partial charge is 0.324 e. The van der Waals surface area contributed by atoms with Gasteiger partial charge in [-0.05, 0) is 12.8 Å². The maximum Gasteiger partial charge on any atom is 0.243 e. The Hall–Kier alpha value is -0.630. The Morgan fingerprint density at radius 1 is 1.44 bits per heavy atom.